The molecule has 168 valence electrons. The van der Waals surface area contributed by atoms with E-state index in [-0.39, 0.29) is 35.1 Å². The van der Waals surface area contributed by atoms with Crippen LogP contribution in [-0.4, -0.2) is 59.7 Å². The number of nitrogens with one attached hydrogen (secondary N) is 1. The molecule has 4 rings (SSSR count). The average Bonchev–Trinajstić information content (AvgIpc) is 3.31. The fourth-order valence-electron chi connectivity index (χ4n) is 5.79. The maximum Gasteiger partial charge on any atom is 0.242 e. The molecule has 0 bridgehead atoms. The van der Waals surface area contributed by atoms with Crippen molar-refractivity contribution >= 4 is 17.7 Å². The van der Waals surface area contributed by atoms with Crippen LogP contribution in [0.3, 0.4) is 0 Å². The molecule has 3 amide bonds. The Hall–Kier alpha value is -2.37. The van der Waals surface area contributed by atoms with E-state index in [1.54, 1.807) is 4.90 Å². The molecule has 1 aromatic carbocycles. The topological polar surface area (TPSA) is 69.7 Å². The molecule has 0 aromatic heterocycles. The lowest BCUT2D eigenvalue weighted by Gasteiger charge is -2.40. The Morgan fingerprint density at radius 3 is 2.39 bits per heavy atom. The normalized spacial score (nSPS) is 24.2. The molecule has 31 heavy (non-hydrogen) atoms. The van der Waals surface area contributed by atoms with E-state index in [1.165, 1.54) is 0 Å². The van der Waals surface area contributed by atoms with Crippen LogP contribution in [0.1, 0.15) is 63.9 Å². The van der Waals surface area contributed by atoms with Crippen LogP contribution in [0.2, 0.25) is 0 Å². The number of piperidine rings is 1. The highest BCUT2D eigenvalue weighted by atomic mass is 16.2. The third-order valence-electron chi connectivity index (χ3n) is 7.60. The average molecular weight is 426 g/mol. The molecule has 0 spiro atoms. The largest absolute Gasteiger partial charge is 0.353 e. The third-order valence-corrected chi connectivity index (χ3v) is 7.60. The first-order chi connectivity index (χ1) is 15.0. The van der Waals surface area contributed by atoms with Crippen molar-refractivity contribution in [3.8, 4) is 0 Å². The number of nitrogens with zero attached hydrogens (tertiary/aromatic N) is 2. The fourth-order valence-corrected chi connectivity index (χ4v) is 5.79. The van der Waals surface area contributed by atoms with Gasteiger partial charge in [0.1, 0.15) is 6.04 Å². The van der Waals surface area contributed by atoms with Crippen molar-refractivity contribution in [3.63, 3.8) is 0 Å². The Bertz CT molecular complexity index is 795. The van der Waals surface area contributed by atoms with E-state index in [0.717, 1.165) is 57.2 Å². The summed E-state index contributed by atoms with van der Waals surface area (Å²) in [6, 6.07) is 9.95. The lowest BCUT2D eigenvalue weighted by atomic mass is 9.77. The molecule has 1 aromatic rings. The first-order valence-electron chi connectivity index (χ1n) is 12.0. The molecule has 0 radical (unpaired) electrons. The predicted octanol–water partition coefficient (Wildman–Crippen LogP) is 2.86. The van der Waals surface area contributed by atoms with Crippen molar-refractivity contribution in [2.45, 2.75) is 69.7 Å². The van der Waals surface area contributed by atoms with E-state index in [2.05, 4.69) is 17.4 Å². The van der Waals surface area contributed by atoms with Crippen LogP contribution in [-0.2, 0) is 19.8 Å². The molecule has 6 nitrogen and oxygen atoms in total. The predicted molar refractivity (Wildman–Crippen MR) is 119 cm³/mol. The van der Waals surface area contributed by atoms with E-state index >= 15 is 0 Å². The molecule has 0 unspecified atom stereocenters. The number of rotatable bonds is 5. The number of carbonyl (C=O) groups excluding carboxylic acids is 3. The summed E-state index contributed by atoms with van der Waals surface area (Å²) in [5.74, 6) is 0.614. The first-order valence-corrected chi connectivity index (χ1v) is 12.0. The van der Waals surface area contributed by atoms with Gasteiger partial charge in [0.2, 0.25) is 17.7 Å². The standard InChI is InChI=1S/C25H35N3O3/c1-2-21-23(30)26-14-17-28(21)22(29)18-19-10-15-27(16-11-19)24(31)25(12-6-7-13-25)20-8-4-3-5-9-20/h3-5,8-9,19,21H,2,6-7,10-18H2,1H3,(H,26,30)/t21-/m1/s1. The minimum absolute atomic E-state index is 0.0368. The second-order valence-electron chi connectivity index (χ2n) is 9.40. The highest BCUT2D eigenvalue weighted by Gasteiger charge is 2.45. The SMILES string of the molecule is CC[C@@H]1C(=O)NCCN1C(=O)CC1CCN(C(=O)C2(c3ccccc3)CCCC2)CC1. The minimum Gasteiger partial charge on any atom is -0.353 e. The van der Waals surface area contributed by atoms with Gasteiger partial charge in [-0.15, -0.1) is 0 Å². The highest BCUT2D eigenvalue weighted by molar-refractivity contribution is 5.89. The second-order valence-corrected chi connectivity index (χ2v) is 9.40. The summed E-state index contributed by atoms with van der Waals surface area (Å²) < 4.78 is 0. The van der Waals surface area contributed by atoms with Crippen LogP contribution in [0.15, 0.2) is 30.3 Å². The molecule has 3 aliphatic rings. The van der Waals surface area contributed by atoms with Crippen molar-refractivity contribution < 1.29 is 14.4 Å². The van der Waals surface area contributed by atoms with Crippen molar-refractivity contribution in [2.24, 2.45) is 5.92 Å². The van der Waals surface area contributed by atoms with Crippen LogP contribution in [0, 0.1) is 5.92 Å². The summed E-state index contributed by atoms with van der Waals surface area (Å²) in [4.78, 5) is 42.4. The van der Waals surface area contributed by atoms with Gasteiger partial charge in [-0.25, -0.2) is 0 Å². The summed E-state index contributed by atoms with van der Waals surface area (Å²) in [5.41, 5.74) is 0.795. The minimum atomic E-state index is -0.362. The van der Waals surface area contributed by atoms with Gasteiger partial charge in [0.25, 0.3) is 0 Å². The smallest absolute Gasteiger partial charge is 0.242 e. The quantitative estimate of drug-likeness (QED) is 0.789. The Morgan fingerprint density at radius 2 is 1.74 bits per heavy atom. The van der Waals surface area contributed by atoms with Crippen molar-refractivity contribution in [2.75, 3.05) is 26.2 Å². The molecule has 3 fully saturated rings. The fraction of sp³-hybridized carbons (Fsp3) is 0.640. The summed E-state index contributed by atoms with van der Waals surface area (Å²) >= 11 is 0. The van der Waals surface area contributed by atoms with Crippen LogP contribution in [0.4, 0.5) is 0 Å². The van der Waals surface area contributed by atoms with Crippen LogP contribution in [0.5, 0.6) is 0 Å². The van der Waals surface area contributed by atoms with E-state index < -0.39 is 0 Å². The molecule has 1 atom stereocenters. The second kappa shape index (κ2) is 9.41. The van der Waals surface area contributed by atoms with Gasteiger partial charge in [-0.1, -0.05) is 50.1 Å². The van der Waals surface area contributed by atoms with Gasteiger partial charge in [0.05, 0.1) is 5.41 Å². The zero-order valence-electron chi connectivity index (χ0n) is 18.6. The number of hydrogen-bond acceptors (Lipinski definition) is 3. The molecule has 1 saturated carbocycles. The molecule has 6 heteroatoms. The summed E-state index contributed by atoms with van der Waals surface area (Å²) in [6.45, 7) is 4.53. The van der Waals surface area contributed by atoms with Gasteiger partial charge in [-0.2, -0.15) is 0 Å². The van der Waals surface area contributed by atoms with E-state index in [1.807, 2.05) is 30.0 Å². The van der Waals surface area contributed by atoms with Gasteiger partial charge in [0, 0.05) is 32.6 Å². The Kier molecular flexibility index (Phi) is 6.63. The lowest BCUT2D eigenvalue weighted by molar-refractivity contribution is -0.144. The van der Waals surface area contributed by atoms with Gasteiger partial charge < -0.3 is 15.1 Å². The summed E-state index contributed by atoms with van der Waals surface area (Å²) in [5, 5.41) is 2.86. The summed E-state index contributed by atoms with van der Waals surface area (Å²) in [6.07, 6.45) is 6.93. The molecular weight excluding hydrogens is 390 g/mol. The number of benzene rings is 1. The van der Waals surface area contributed by atoms with E-state index in [9.17, 15) is 14.4 Å². The third kappa shape index (κ3) is 4.35. The number of amides is 3. The Morgan fingerprint density at radius 1 is 1.06 bits per heavy atom. The number of carbonyl (C=O) groups is 3. The molecule has 2 aliphatic heterocycles. The van der Waals surface area contributed by atoms with Crippen molar-refractivity contribution in [3.05, 3.63) is 35.9 Å². The number of piperazine rings is 1. The first kappa shape index (κ1) is 21.8. The maximum atomic E-state index is 13.6. The van der Waals surface area contributed by atoms with Gasteiger partial charge in [-0.05, 0) is 43.6 Å². The van der Waals surface area contributed by atoms with Crippen molar-refractivity contribution in [1.29, 1.82) is 0 Å². The van der Waals surface area contributed by atoms with Crippen LogP contribution < -0.4 is 5.32 Å². The molecular formula is C25H35N3O3. The lowest BCUT2D eigenvalue weighted by Crippen LogP contribution is -2.57. The van der Waals surface area contributed by atoms with Crippen LogP contribution >= 0.6 is 0 Å². The summed E-state index contributed by atoms with van der Waals surface area (Å²) in [7, 11) is 0. The number of hydrogen-bond donors (Lipinski definition) is 1. The van der Waals surface area contributed by atoms with E-state index in [4.69, 9.17) is 0 Å². The number of likely N-dealkylation sites (tertiary alicyclic amines) is 1. The highest BCUT2D eigenvalue weighted by Crippen LogP contribution is 2.43. The van der Waals surface area contributed by atoms with Crippen LogP contribution in [0.25, 0.3) is 0 Å². The Labute approximate surface area is 185 Å². The molecule has 1 aliphatic carbocycles. The van der Waals surface area contributed by atoms with Crippen molar-refractivity contribution in [1.82, 2.24) is 15.1 Å². The van der Waals surface area contributed by atoms with Gasteiger partial charge in [0.15, 0.2) is 0 Å². The van der Waals surface area contributed by atoms with E-state index in [0.29, 0.717) is 25.9 Å². The zero-order valence-corrected chi connectivity index (χ0v) is 18.6. The van der Waals surface area contributed by atoms with Gasteiger partial charge >= 0.3 is 0 Å². The monoisotopic (exact) mass is 425 g/mol. The molecule has 2 saturated heterocycles. The zero-order chi connectivity index (χ0) is 21.8. The molecule has 1 N–H and O–H groups in total. The van der Waals surface area contributed by atoms with Gasteiger partial charge in [-0.3, -0.25) is 14.4 Å². The Balaban J connectivity index is 1.35. The molecule has 2 heterocycles. The maximum absolute atomic E-state index is 13.6.